The van der Waals surface area contributed by atoms with Crippen LogP contribution in [0.25, 0.3) is 0 Å². The summed E-state index contributed by atoms with van der Waals surface area (Å²) in [6.45, 7) is 8.77. The molecule has 2 aliphatic heterocycles. The van der Waals surface area contributed by atoms with Gasteiger partial charge in [-0.1, -0.05) is 0 Å². The lowest BCUT2D eigenvalue weighted by molar-refractivity contribution is 0.218. The molecule has 0 radical (unpaired) electrons. The Labute approximate surface area is 183 Å². The number of aromatic nitrogens is 2. The summed E-state index contributed by atoms with van der Waals surface area (Å²) in [6, 6.07) is 7.73. The predicted molar refractivity (Wildman–Crippen MR) is 119 cm³/mol. The van der Waals surface area contributed by atoms with E-state index >= 15 is 0 Å². The van der Waals surface area contributed by atoms with E-state index in [1.807, 2.05) is 45.0 Å². The highest BCUT2D eigenvalue weighted by molar-refractivity contribution is 5.75. The summed E-state index contributed by atoms with van der Waals surface area (Å²) >= 11 is 0. The summed E-state index contributed by atoms with van der Waals surface area (Å²) in [5.74, 6) is 3.36. The SMILES string of the molecule is CCOc1ccc2c(c1)C(NC(=O)NC1CCN(c3cc(C)nc(C)n3)CC1)CCO2. The van der Waals surface area contributed by atoms with Gasteiger partial charge in [-0.15, -0.1) is 0 Å². The average Bonchev–Trinajstić information content (AvgIpc) is 2.74. The number of amides is 2. The number of benzene rings is 1. The van der Waals surface area contributed by atoms with Gasteiger partial charge in [0.25, 0.3) is 0 Å². The molecule has 2 aromatic rings. The van der Waals surface area contributed by atoms with Gasteiger partial charge in [0.15, 0.2) is 0 Å². The van der Waals surface area contributed by atoms with E-state index in [4.69, 9.17) is 9.47 Å². The maximum absolute atomic E-state index is 12.7. The van der Waals surface area contributed by atoms with Crippen LogP contribution in [0.1, 0.15) is 49.3 Å². The van der Waals surface area contributed by atoms with E-state index in [9.17, 15) is 4.79 Å². The number of aryl methyl sites for hydroxylation is 2. The van der Waals surface area contributed by atoms with E-state index in [0.717, 1.165) is 66.8 Å². The number of carbonyl (C=O) groups is 1. The van der Waals surface area contributed by atoms with Crippen molar-refractivity contribution < 1.29 is 14.3 Å². The standard InChI is InChI=1S/C23H31N5O3/c1-4-30-18-5-6-21-19(14-18)20(9-12-31-21)27-23(29)26-17-7-10-28(11-8-17)22-13-15(2)24-16(3)25-22/h5-6,13-14,17,20H,4,7-12H2,1-3H3,(H2,26,27,29). The van der Waals surface area contributed by atoms with Crippen molar-refractivity contribution in [3.05, 3.63) is 41.3 Å². The molecular formula is C23H31N5O3. The molecule has 2 aliphatic rings. The zero-order valence-corrected chi connectivity index (χ0v) is 18.5. The lowest BCUT2D eigenvalue weighted by Gasteiger charge is -2.34. The molecule has 1 aromatic heterocycles. The molecule has 8 heteroatoms. The number of piperidine rings is 1. The first-order chi connectivity index (χ1) is 15.0. The maximum atomic E-state index is 12.7. The van der Waals surface area contributed by atoms with Crippen LogP contribution in [0.5, 0.6) is 11.5 Å². The number of anilines is 1. The third-order valence-electron chi connectivity index (χ3n) is 5.74. The number of ether oxygens (including phenoxy) is 2. The van der Waals surface area contributed by atoms with Gasteiger partial charge in [-0.05, 0) is 51.8 Å². The number of nitrogens with one attached hydrogen (secondary N) is 2. The molecule has 1 saturated heterocycles. The second-order valence-electron chi connectivity index (χ2n) is 8.12. The fourth-order valence-corrected chi connectivity index (χ4v) is 4.28. The van der Waals surface area contributed by atoms with E-state index < -0.39 is 0 Å². The summed E-state index contributed by atoms with van der Waals surface area (Å²) in [7, 11) is 0. The van der Waals surface area contributed by atoms with Crippen LogP contribution in [0.4, 0.5) is 10.6 Å². The van der Waals surface area contributed by atoms with Crippen LogP contribution in [-0.2, 0) is 0 Å². The summed E-state index contributed by atoms with van der Waals surface area (Å²) in [5, 5.41) is 6.28. The van der Waals surface area contributed by atoms with E-state index in [0.29, 0.717) is 13.2 Å². The number of nitrogens with zero attached hydrogens (tertiary/aromatic N) is 3. The van der Waals surface area contributed by atoms with Gasteiger partial charge in [0.1, 0.15) is 23.1 Å². The molecule has 1 atom stereocenters. The topological polar surface area (TPSA) is 88.6 Å². The van der Waals surface area contributed by atoms with Crippen LogP contribution in [0.15, 0.2) is 24.3 Å². The third kappa shape index (κ3) is 5.18. The zero-order chi connectivity index (χ0) is 21.8. The Bertz CT molecular complexity index is 907. The Morgan fingerprint density at radius 3 is 2.71 bits per heavy atom. The molecule has 0 aliphatic carbocycles. The minimum Gasteiger partial charge on any atom is -0.494 e. The minimum absolute atomic E-state index is 0.0868. The fraction of sp³-hybridized carbons (Fsp3) is 0.522. The van der Waals surface area contributed by atoms with Crippen molar-refractivity contribution in [2.24, 2.45) is 0 Å². The molecule has 0 bridgehead atoms. The first-order valence-electron chi connectivity index (χ1n) is 11.1. The molecule has 2 N–H and O–H groups in total. The first kappa shape index (κ1) is 21.2. The van der Waals surface area contributed by atoms with Gasteiger partial charge >= 0.3 is 6.03 Å². The predicted octanol–water partition coefficient (Wildman–Crippen LogP) is 3.28. The van der Waals surface area contributed by atoms with Crippen molar-refractivity contribution in [2.45, 2.75) is 52.1 Å². The van der Waals surface area contributed by atoms with Crippen molar-refractivity contribution in [2.75, 3.05) is 31.2 Å². The molecule has 1 aromatic carbocycles. The summed E-state index contributed by atoms with van der Waals surface area (Å²) in [4.78, 5) is 23.9. The van der Waals surface area contributed by atoms with Crippen LogP contribution in [0, 0.1) is 13.8 Å². The van der Waals surface area contributed by atoms with Gasteiger partial charge in [0.2, 0.25) is 0 Å². The van der Waals surface area contributed by atoms with Gasteiger partial charge in [-0.3, -0.25) is 0 Å². The van der Waals surface area contributed by atoms with E-state index in [1.165, 1.54) is 0 Å². The Morgan fingerprint density at radius 2 is 1.97 bits per heavy atom. The van der Waals surface area contributed by atoms with Crippen molar-refractivity contribution in [1.82, 2.24) is 20.6 Å². The van der Waals surface area contributed by atoms with Crippen LogP contribution in [-0.4, -0.2) is 48.3 Å². The number of urea groups is 1. The molecule has 0 saturated carbocycles. The van der Waals surface area contributed by atoms with E-state index in [-0.39, 0.29) is 18.1 Å². The first-order valence-corrected chi connectivity index (χ1v) is 11.1. The van der Waals surface area contributed by atoms with Gasteiger partial charge < -0.3 is 25.0 Å². The summed E-state index contributed by atoms with van der Waals surface area (Å²) in [6.07, 6.45) is 2.50. The highest BCUT2D eigenvalue weighted by atomic mass is 16.5. The molecule has 31 heavy (non-hydrogen) atoms. The second-order valence-corrected chi connectivity index (χ2v) is 8.12. The average molecular weight is 426 g/mol. The van der Waals surface area contributed by atoms with E-state index in [2.05, 4.69) is 25.5 Å². The van der Waals surface area contributed by atoms with E-state index in [1.54, 1.807) is 0 Å². The molecule has 166 valence electrons. The molecule has 4 rings (SSSR count). The highest BCUT2D eigenvalue weighted by Crippen LogP contribution is 2.34. The number of fused-ring (bicyclic) bond motifs is 1. The quantitative estimate of drug-likeness (QED) is 0.764. The maximum Gasteiger partial charge on any atom is 0.315 e. The number of hydrogen-bond acceptors (Lipinski definition) is 6. The molecule has 1 unspecified atom stereocenters. The smallest absolute Gasteiger partial charge is 0.315 e. The Kier molecular flexibility index (Phi) is 6.44. The van der Waals surface area contributed by atoms with Gasteiger partial charge in [-0.2, -0.15) is 0 Å². The summed E-state index contributed by atoms with van der Waals surface area (Å²) < 4.78 is 11.4. The van der Waals surface area contributed by atoms with Crippen molar-refractivity contribution >= 4 is 11.8 Å². The third-order valence-corrected chi connectivity index (χ3v) is 5.74. The Hall–Kier alpha value is -3.03. The number of hydrogen-bond donors (Lipinski definition) is 2. The van der Waals surface area contributed by atoms with Crippen LogP contribution < -0.4 is 25.0 Å². The van der Waals surface area contributed by atoms with Gasteiger partial charge in [0, 0.05) is 42.9 Å². The largest absolute Gasteiger partial charge is 0.494 e. The lowest BCUT2D eigenvalue weighted by atomic mass is 10.00. The molecule has 2 amide bonds. The zero-order valence-electron chi connectivity index (χ0n) is 18.5. The Balaban J connectivity index is 1.32. The summed E-state index contributed by atoms with van der Waals surface area (Å²) in [5.41, 5.74) is 1.95. The lowest BCUT2D eigenvalue weighted by Crippen LogP contribution is -2.49. The molecule has 8 nitrogen and oxygen atoms in total. The monoisotopic (exact) mass is 425 g/mol. The van der Waals surface area contributed by atoms with Crippen molar-refractivity contribution in [1.29, 1.82) is 0 Å². The second kappa shape index (κ2) is 9.41. The van der Waals surface area contributed by atoms with Crippen LogP contribution >= 0.6 is 0 Å². The number of carbonyl (C=O) groups excluding carboxylic acids is 1. The minimum atomic E-state index is -0.133. The van der Waals surface area contributed by atoms with Crippen LogP contribution in [0.3, 0.4) is 0 Å². The Morgan fingerprint density at radius 1 is 1.16 bits per heavy atom. The molecule has 0 spiro atoms. The van der Waals surface area contributed by atoms with Gasteiger partial charge in [-0.25, -0.2) is 14.8 Å². The highest BCUT2D eigenvalue weighted by Gasteiger charge is 2.26. The molecule has 1 fully saturated rings. The molecular weight excluding hydrogens is 394 g/mol. The van der Waals surface area contributed by atoms with Gasteiger partial charge in [0.05, 0.1) is 19.3 Å². The van der Waals surface area contributed by atoms with Crippen LogP contribution in [0.2, 0.25) is 0 Å². The normalized spacial score (nSPS) is 18.7. The fourth-order valence-electron chi connectivity index (χ4n) is 4.28. The molecule has 3 heterocycles. The number of rotatable bonds is 5. The van der Waals surface area contributed by atoms with Crippen molar-refractivity contribution in [3.63, 3.8) is 0 Å². The van der Waals surface area contributed by atoms with Crippen molar-refractivity contribution in [3.8, 4) is 11.5 Å².